The number of aliphatic hydroxyl groups excluding tert-OH is 4. The van der Waals surface area contributed by atoms with Crippen LogP contribution in [0.15, 0.2) is 0 Å². The smallest absolute Gasteiger partial charge is 0.122 e. The number of rotatable bonds is 8. The Morgan fingerprint density at radius 1 is 0.800 bits per heavy atom. The van der Waals surface area contributed by atoms with E-state index in [0.717, 1.165) is 13.1 Å². The second-order valence-electron chi connectivity index (χ2n) is 3.92. The Balaban J connectivity index is 0. The monoisotopic (exact) mass is 298 g/mol. The zero-order chi connectivity index (χ0) is 16.3. The Morgan fingerprint density at radius 2 is 1.05 bits per heavy atom. The van der Waals surface area contributed by atoms with Gasteiger partial charge in [0.15, 0.2) is 0 Å². The molecule has 0 aromatic rings. The molecule has 0 aliphatic heterocycles. The summed E-state index contributed by atoms with van der Waals surface area (Å²) in [5.41, 5.74) is 7.39. The van der Waals surface area contributed by atoms with E-state index in [4.69, 9.17) is 20.4 Å². The van der Waals surface area contributed by atoms with Crippen LogP contribution in [-0.2, 0) is 9.59 Å². The van der Waals surface area contributed by atoms with Crippen LogP contribution in [0.4, 0.5) is 0 Å². The molecule has 20 heavy (non-hydrogen) atoms. The molecule has 120 valence electrons. The molecule has 4 atom stereocenters. The molecule has 10 nitrogen and oxygen atoms in total. The maximum atomic E-state index is 9.96. The van der Waals surface area contributed by atoms with Gasteiger partial charge in [0, 0.05) is 12.8 Å². The Kier molecular flexibility index (Phi) is 12.1. The SMILES string of the molecule is O=C([O-])[C@@H](O)[C@H](O)[C@H](O)[C@@H](O)C(=O)[O-].[NH3+]CCCC[NH3+]. The second-order valence-corrected chi connectivity index (χ2v) is 3.92. The first kappa shape index (κ1) is 21.0. The highest BCUT2D eigenvalue weighted by Crippen LogP contribution is 2.04. The Bertz CT molecular complexity index is 260. The van der Waals surface area contributed by atoms with E-state index in [1.807, 2.05) is 0 Å². The van der Waals surface area contributed by atoms with Gasteiger partial charge in [0.25, 0.3) is 0 Å². The summed E-state index contributed by atoms with van der Waals surface area (Å²) in [7, 11) is 0. The van der Waals surface area contributed by atoms with Gasteiger partial charge in [-0.05, 0) is 0 Å². The molecule has 0 saturated carbocycles. The first-order chi connectivity index (χ1) is 9.20. The minimum absolute atomic E-state index is 1.06. The zero-order valence-electron chi connectivity index (χ0n) is 11.0. The third-order valence-corrected chi connectivity index (χ3v) is 2.23. The minimum atomic E-state index is -2.50. The number of hydrogen-bond donors (Lipinski definition) is 6. The lowest BCUT2D eigenvalue weighted by molar-refractivity contribution is -0.384. The maximum Gasteiger partial charge on any atom is 0.122 e. The Morgan fingerprint density at radius 3 is 1.20 bits per heavy atom. The largest absolute Gasteiger partial charge is 0.547 e. The quantitative estimate of drug-likeness (QED) is 0.236. The number of aliphatic carboxylic acids is 2. The van der Waals surface area contributed by atoms with Crippen LogP contribution in [-0.4, -0.2) is 69.9 Å². The topological polar surface area (TPSA) is 216 Å². The lowest BCUT2D eigenvalue weighted by Gasteiger charge is -2.27. The first-order valence-electron chi connectivity index (χ1n) is 5.93. The third kappa shape index (κ3) is 8.74. The number of hydrogen-bond acceptors (Lipinski definition) is 8. The summed E-state index contributed by atoms with van der Waals surface area (Å²) >= 11 is 0. The molecular formula is C10H22N2O8. The van der Waals surface area contributed by atoms with Crippen molar-refractivity contribution in [3.05, 3.63) is 0 Å². The van der Waals surface area contributed by atoms with Crippen LogP contribution in [0.2, 0.25) is 0 Å². The van der Waals surface area contributed by atoms with Crippen molar-refractivity contribution in [2.45, 2.75) is 37.3 Å². The highest BCUT2D eigenvalue weighted by Gasteiger charge is 2.31. The van der Waals surface area contributed by atoms with Crippen LogP contribution in [0.1, 0.15) is 12.8 Å². The summed E-state index contributed by atoms with van der Waals surface area (Å²) < 4.78 is 0. The summed E-state index contributed by atoms with van der Waals surface area (Å²) in [5, 5.41) is 54.7. The highest BCUT2D eigenvalue weighted by atomic mass is 16.4. The molecular weight excluding hydrogens is 276 g/mol. The van der Waals surface area contributed by atoms with E-state index in [-0.39, 0.29) is 0 Å². The minimum Gasteiger partial charge on any atom is -0.547 e. The van der Waals surface area contributed by atoms with Crippen molar-refractivity contribution in [3.63, 3.8) is 0 Å². The van der Waals surface area contributed by atoms with E-state index in [2.05, 4.69) is 11.5 Å². The molecule has 0 aromatic heterocycles. The van der Waals surface area contributed by atoms with Crippen molar-refractivity contribution in [1.29, 1.82) is 0 Å². The van der Waals surface area contributed by atoms with Gasteiger partial charge in [-0.15, -0.1) is 0 Å². The predicted octanol–water partition coefficient (Wildman–Crippen LogP) is -7.82. The standard InChI is InChI=1S/C6H10O8.C4H12N2/c7-1(3(9)5(11)12)2(8)4(10)6(13)14;5-3-1-2-4-6/h1-4,7-10H,(H,11,12)(H,13,14);1-6H2/t1-,2+,3+,4-;. The van der Waals surface area contributed by atoms with Crippen molar-refractivity contribution < 1.29 is 51.7 Å². The van der Waals surface area contributed by atoms with Gasteiger partial charge in [-0.25, -0.2) is 0 Å². The van der Waals surface area contributed by atoms with Gasteiger partial charge in [-0.3, -0.25) is 0 Å². The van der Waals surface area contributed by atoms with E-state index in [9.17, 15) is 19.8 Å². The van der Waals surface area contributed by atoms with E-state index >= 15 is 0 Å². The van der Waals surface area contributed by atoms with Crippen LogP contribution in [0.25, 0.3) is 0 Å². The summed E-state index contributed by atoms with van der Waals surface area (Å²) in [5.74, 6) is -4.22. The zero-order valence-corrected chi connectivity index (χ0v) is 11.0. The molecule has 0 heterocycles. The molecule has 0 bridgehead atoms. The average Bonchev–Trinajstić information content (AvgIpc) is 2.42. The number of carboxylic acids is 2. The van der Waals surface area contributed by atoms with Crippen molar-refractivity contribution in [3.8, 4) is 0 Å². The number of quaternary nitrogens is 2. The van der Waals surface area contributed by atoms with E-state index in [1.54, 1.807) is 0 Å². The molecule has 10 heteroatoms. The lowest BCUT2D eigenvalue weighted by atomic mass is 10.0. The van der Waals surface area contributed by atoms with E-state index < -0.39 is 36.4 Å². The van der Waals surface area contributed by atoms with E-state index in [1.165, 1.54) is 12.8 Å². The van der Waals surface area contributed by atoms with Crippen LogP contribution in [0, 0.1) is 0 Å². The van der Waals surface area contributed by atoms with E-state index in [0.29, 0.717) is 0 Å². The number of carbonyl (C=O) groups is 2. The van der Waals surface area contributed by atoms with Crippen LogP contribution in [0.5, 0.6) is 0 Å². The summed E-state index contributed by atoms with van der Waals surface area (Å²) in [4.78, 5) is 19.9. The molecule has 0 radical (unpaired) electrons. The predicted molar refractivity (Wildman–Crippen MR) is 58.8 cm³/mol. The van der Waals surface area contributed by atoms with Crippen LogP contribution >= 0.6 is 0 Å². The summed E-state index contributed by atoms with van der Waals surface area (Å²) in [6.07, 6.45) is -7.29. The van der Waals surface area contributed by atoms with Gasteiger partial charge in [0.2, 0.25) is 0 Å². The number of carbonyl (C=O) groups excluding carboxylic acids is 2. The summed E-state index contributed by atoms with van der Waals surface area (Å²) in [6.45, 7) is 2.13. The molecule has 0 aliphatic rings. The van der Waals surface area contributed by atoms with Gasteiger partial charge in [-0.1, -0.05) is 0 Å². The average molecular weight is 298 g/mol. The van der Waals surface area contributed by atoms with Crippen molar-refractivity contribution >= 4 is 11.9 Å². The first-order valence-corrected chi connectivity index (χ1v) is 5.93. The van der Waals surface area contributed by atoms with Gasteiger partial charge >= 0.3 is 0 Å². The lowest BCUT2D eigenvalue weighted by Crippen LogP contribution is -2.55. The van der Waals surface area contributed by atoms with Gasteiger partial charge in [-0.2, -0.15) is 0 Å². The Labute approximate surface area is 115 Å². The second kappa shape index (κ2) is 11.5. The third-order valence-electron chi connectivity index (χ3n) is 2.23. The van der Waals surface area contributed by atoms with Gasteiger partial charge in [0.1, 0.15) is 24.4 Å². The molecule has 0 rings (SSSR count). The molecule has 10 N–H and O–H groups in total. The van der Waals surface area contributed by atoms with Crippen molar-refractivity contribution in [1.82, 2.24) is 0 Å². The number of carboxylic acid groups (broad SMARTS) is 2. The molecule has 0 saturated heterocycles. The van der Waals surface area contributed by atoms with Crippen LogP contribution in [0.3, 0.4) is 0 Å². The fraction of sp³-hybridized carbons (Fsp3) is 0.800. The normalized spacial score (nSPS) is 16.3. The molecule has 0 aliphatic carbocycles. The van der Waals surface area contributed by atoms with Crippen LogP contribution < -0.4 is 21.7 Å². The molecule has 0 aromatic carbocycles. The van der Waals surface area contributed by atoms with Gasteiger partial charge in [0.05, 0.1) is 25.0 Å². The molecule has 0 spiro atoms. The number of aliphatic hydroxyl groups is 4. The Hall–Kier alpha value is -1.30. The fourth-order valence-electron chi connectivity index (χ4n) is 1.01. The molecule has 0 unspecified atom stereocenters. The molecule has 0 amide bonds. The highest BCUT2D eigenvalue weighted by molar-refractivity contribution is 5.72. The number of unbranched alkanes of at least 4 members (excludes halogenated alkanes) is 1. The van der Waals surface area contributed by atoms with Gasteiger partial charge < -0.3 is 51.7 Å². The maximum absolute atomic E-state index is 9.96. The van der Waals surface area contributed by atoms with Crippen molar-refractivity contribution in [2.24, 2.45) is 0 Å². The molecule has 0 fully saturated rings. The summed E-state index contributed by atoms with van der Waals surface area (Å²) in [6, 6.07) is 0. The fourth-order valence-corrected chi connectivity index (χ4v) is 1.01. The van der Waals surface area contributed by atoms with Crippen molar-refractivity contribution in [2.75, 3.05) is 13.1 Å².